The van der Waals surface area contributed by atoms with Gasteiger partial charge in [-0.1, -0.05) is 6.07 Å². The van der Waals surface area contributed by atoms with Crippen molar-refractivity contribution in [3.05, 3.63) is 51.8 Å². The zero-order valence-corrected chi connectivity index (χ0v) is 14.1. The van der Waals surface area contributed by atoms with Crippen LogP contribution in [0.5, 0.6) is 0 Å². The van der Waals surface area contributed by atoms with Gasteiger partial charge >= 0.3 is 0 Å². The van der Waals surface area contributed by atoms with Crippen LogP contribution >= 0.6 is 0 Å². The number of nitriles is 1. The van der Waals surface area contributed by atoms with Crippen LogP contribution in [-0.2, 0) is 11.2 Å². The van der Waals surface area contributed by atoms with E-state index in [1.165, 1.54) is 35.2 Å². The number of nitrogens with zero attached hydrogens (tertiary/aromatic N) is 2. The van der Waals surface area contributed by atoms with Crippen LogP contribution < -0.4 is 0 Å². The van der Waals surface area contributed by atoms with Crippen molar-refractivity contribution in [2.75, 3.05) is 6.61 Å². The minimum Gasteiger partial charge on any atom is -0.372 e. The summed E-state index contributed by atoms with van der Waals surface area (Å²) in [6.07, 6.45) is 6.95. The first-order valence-corrected chi connectivity index (χ1v) is 8.97. The first kappa shape index (κ1) is 15.4. The fourth-order valence-corrected chi connectivity index (χ4v) is 4.26. The van der Waals surface area contributed by atoms with Gasteiger partial charge in [-0.05, 0) is 68.7 Å². The monoisotopic (exact) mass is 321 g/mol. The van der Waals surface area contributed by atoms with Crippen molar-refractivity contribution in [1.82, 2.24) is 10.2 Å². The summed E-state index contributed by atoms with van der Waals surface area (Å²) >= 11 is 0. The molecule has 0 radical (unpaired) electrons. The highest BCUT2D eigenvalue weighted by atomic mass is 16.5. The van der Waals surface area contributed by atoms with Crippen molar-refractivity contribution in [3.8, 4) is 6.07 Å². The lowest BCUT2D eigenvalue weighted by Crippen LogP contribution is -2.17. The lowest BCUT2D eigenvalue weighted by atomic mass is 9.78. The van der Waals surface area contributed by atoms with Gasteiger partial charge < -0.3 is 4.74 Å². The Morgan fingerprint density at radius 3 is 2.92 bits per heavy atom. The molecule has 2 heterocycles. The predicted octanol–water partition coefficient (Wildman–Crippen LogP) is 4.30. The van der Waals surface area contributed by atoms with Crippen LogP contribution in [0.15, 0.2) is 18.2 Å². The fourth-order valence-electron chi connectivity index (χ4n) is 4.26. The molecule has 1 saturated heterocycles. The third-order valence-corrected chi connectivity index (χ3v) is 5.44. The zero-order valence-electron chi connectivity index (χ0n) is 14.1. The number of nitrogens with one attached hydrogen (secondary N) is 1. The summed E-state index contributed by atoms with van der Waals surface area (Å²) in [6, 6.07) is 8.31. The van der Waals surface area contributed by atoms with Gasteiger partial charge in [-0.3, -0.25) is 5.10 Å². The predicted molar refractivity (Wildman–Crippen MR) is 91.8 cm³/mol. The highest BCUT2D eigenvalue weighted by Crippen LogP contribution is 2.42. The summed E-state index contributed by atoms with van der Waals surface area (Å²) in [5.74, 6) is 0.362. The summed E-state index contributed by atoms with van der Waals surface area (Å²) < 4.78 is 6.01. The maximum Gasteiger partial charge on any atom is 0.102 e. The van der Waals surface area contributed by atoms with Crippen molar-refractivity contribution in [2.24, 2.45) is 0 Å². The van der Waals surface area contributed by atoms with Gasteiger partial charge in [0.1, 0.15) is 6.10 Å². The van der Waals surface area contributed by atoms with Crippen LogP contribution in [0.3, 0.4) is 0 Å². The smallest absolute Gasteiger partial charge is 0.102 e. The first-order valence-electron chi connectivity index (χ1n) is 8.97. The molecule has 2 atom stereocenters. The quantitative estimate of drug-likeness (QED) is 0.897. The van der Waals surface area contributed by atoms with Crippen molar-refractivity contribution >= 4 is 0 Å². The van der Waals surface area contributed by atoms with Gasteiger partial charge in [0, 0.05) is 23.8 Å². The zero-order chi connectivity index (χ0) is 16.5. The van der Waals surface area contributed by atoms with E-state index in [2.05, 4.69) is 29.3 Å². The molecule has 1 aromatic carbocycles. The Morgan fingerprint density at radius 1 is 1.25 bits per heavy atom. The number of aryl methyl sites for hydroxylation is 2. The number of H-pyrrole nitrogens is 1. The Morgan fingerprint density at radius 2 is 2.17 bits per heavy atom. The maximum atomic E-state index is 9.12. The molecule has 2 aliphatic rings. The molecule has 1 aromatic heterocycles. The summed E-state index contributed by atoms with van der Waals surface area (Å²) in [6.45, 7) is 2.95. The standard InChI is InChI=1S/C20H23N3O/c1-13-11-14(12-21)8-9-15(13)16-5-4-6-17-19(16)20(23-22-17)18-7-2-3-10-24-18/h8-9,11,16,18H,2-7,10H2,1H3,(H,22,23). The largest absolute Gasteiger partial charge is 0.372 e. The van der Waals surface area contributed by atoms with Crippen LogP contribution in [-0.4, -0.2) is 16.8 Å². The lowest BCUT2D eigenvalue weighted by Gasteiger charge is -2.28. The van der Waals surface area contributed by atoms with Gasteiger partial charge in [0.15, 0.2) is 0 Å². The average Bonchev–Trinajstić information content (AvgIpc) is 3.07. The van der Waals surface area contributed by atoms with E-state index >= 15 is 0 Å². The van der Waals surface area contributed by atoms with Gasteiger partial charge in [0.25, 0.3) is 0 Å². The Balaban J connectivity index is 1.75. The molecule has 0 saturated carbocycles. The average molecular weight is 321 g/mol. The van der Waals surface area contributed by atoms with E-state index in [-0.39, 0.29) is 6.10 Å². The first-order chi connectivity index (χ1) is 11.8. The summed E-state index contributed by atoms with van der Waals surface area (Å²) in [5, 5.41) is 17.1. The van der Waals surface area contributed by atoms with E-state index in [0.29, 0.717) is 5.92 Å². The van der Waals surface area contributed by atoms with Crippen LogP contribution in [0, 0.1) is 18.3 Å². The van der Waals surface area contributed by atoms with Crippen molar-refractivity contribution in [3.63, 3.8) is 0 Å². The molecule has 2 aromatic rings. The molecule has 1 fully saturated rings. The summed E-state index contributed by atoms with van der Waals surface area (Å²) in [4.78, 5) is 0. The number of rotatable bonds is 2. The number of benzene rings is 1. The SMILES string of the molecule is Cc1cc(C#N)ccc1C1CCCc2[nH]nc(C3CCCCO3)c21. The number of hydrogen-bond acceptors (Lipinski definition) is 3. The summed E-state index contributed by atoms with van der Waals surface area (Å²) in [7, 11) is 0. The lowest BCUT2D eigenvalue weighted by molar-refractivity contribution is 0.0116. The van der Waals surface area contributed by atoms with Gasteiger partial charge in [-0.15, -0.1) is 0 Å². The molecular weight excluding hydrogens is 298 g/mol. The van der Waals surface area contributed by atoms with E-state index in [4.69, 9.17) is 10.00 Å². The van der Waals surface area contributed by atoms with Crippen molar-refractivity contribution in [2.45, 2.75) is 57.5 Å². The number of fused-ring (bicyclic) bond motifs is 1. The van der Waals surface area contributed by atoms with Crippen LogP contribution in [0.4, 0.5) is 0 Å². The second kappa shape index (κ2) is 6.41. The van der Waals surface area contributed by atoms with E-state index in [1.54, 1.807) is 0 Å². The minimum absolute atomic E-state index is 0.137. The number of aromatic nitrogens is 2. The van der Waals surface area contributed by atoms with E-state index in [0.717, 1.165) is 43.5 Å². The maximum absolute atomic E-state index is 9.12. The van der Waals surface area contributed by atoms with Crippen LogP contribution in [0.25, 0.3) is 0 Å². The number of hydrogen-bond donors (Lipinski definition) is 1. The second-order valence-electron chi connectivity index (χ2n) is 6.98. The molecule has 0 amide bonds. The molecule has 0 bridgehead atoms. The Hall–Kier alpha value is -2.12. The molecule has 4 rings (SSSR count). The van der Waals surface area contributed by atoms with Crippen molar-refractivity contribution in [1.29, 1.82) is 5.26 Å². The number of aromatic amines is 1. The summed E-state index contributed by atoms with van der Waals surface area (Å²) in [5.41, 5.74) is 7.02. The molecular formula is C20H23N3O. The van der Waals surface area contributed by atoms with E-state index in [9.17, 15) is 0 Å². The molecule has 4 heteroatoms. The number of ether oxygens (including phenoxy) is 1. The minimum atomic E-state index is 0.137. The van der Waals surface area contributed by atoms with Crippen LogP contribution in [0.2, 0.25) is 0 Å². The Kier molecular flexibility index (Phi) is 4.12. The normalized spacial score (nSPS) is 23.5. The van der Waals surface area contributed by atoms with Gasteiger partial charge in [-0.2, -0.15) is 10.4 Å². The van der Waals surface area contributed by atoms with Gasteiger partial charge in [0.05, 0.1) is 17.3 Å². The third-order valence-electron chi connectivity index (χ3n) is 5.44. The van der Waals surface area contributed by atoms with E-state index in [1.807, 2.05) is 12.1 Å². The highest BCUT2D eigenvalue weighted by Gasteiger charge is 2.32. The Bertz CT molecular complexity index is 781. The molecule has 1 N–H and O–H groups in total. The third kappa shape index (κ3) is 2.63. The molecule has 1 aliphatic heterocycles. The molecule has 24 heavy (non-hydrogen) atoms. The topological polar surface area (TPSA) is 61.7 Å². The Labute approximate surface area is 142 Å². The molecule has 2 unspecified atom stereocenters. The van der Waals surface area contributed by atoms with Crippen molar-refractivity contribution < 1.29 is 4.74 Å². The second-order valence-corrected chi connectivity index (χ2v) is 6.98. The molecule has 0 spiro atoms. The molecule has 1 aliphatic carbocycles. The molecule has 4 nitrogen and oxygen atoms in total. The molecule has 124 valence electrons. The van der Waals surface area contributed by atoms with Gasteiger partial charge in [-0.25, -0.2) is 0 Å². The fraction of sp³-hybridized carbons (Fsp3) is 0.500. The van der Waals surface area contributed by atoms with Gasteiger partial charge in [0.2, 0.25) is 0 Å². The highest BCUT2D eigenvalue weighted by molar-refractivity contribution is 5.46. The van der Waals surface area contributed by atoms with E-state index < -0.39 is 0 Å². The van der Waals surface area contributed by atoms with Crippen LogP contribution in [0.1, 0.15) is 77.8 Å².